The first-order valence-corrected chi connectivity index (χ1v) is 9.43. The van der Waals surface area contributed by atoms with Crippen molar-refractivity contribution in [2.45, 2.75) is 30.4 Å². The van der Waals surface area contributed by atoms with E-state index in [9.17, 15) is 19.7 Å². The van der Waals surface area contributed by atoms with Gasteiger partial charge in [0, 0.05) is 22.3 Å². The number of nitrogens with zero attached hydrogens (tertiary/aromatic N) is 1. The quantitative estimate of drug-likeness (QED) is 0.206. The van der Waals surface area contributed by atoms with Crippen molar-refractivity contribution < 1.29 is 19.2 Å². The third-order valence-electron chi connectivity index (χ3n) is 4.01. The lowest BCUT2D eigenvalue weighted by Gasteiger charge is -2.21. The Labute approximate surface area is 162 Å². The predicted molar refractivity (Wildman–Crippen MR) is 104 cm³/mol. The lowest BCUT2D eigenvalue weighted by molar-refractivity contribution is -0.384. The first kappa shape index (κ1) is 20.6. The molecular formula is C20H21NO5S. The second-order valence-electron chi connectivity index (χ2n) is 5.92. The number of non-ortho nitro benzene ring substituents is 1. The summed E-state index contributed by atoms with van der Waals surface area (Å²) in [5.74, 6) is -1.60. The molecule has 2 rings (SSSR count). The molecule has 0 aromatic heterocycles. The van der Waals surface area contributed by atoms with E-state index in [1.165, 1.54) is 30.8 Å². The van der Waals surface area contributed by atoms with Crippen LogP contribution in [0.5, 0.6) is 0 Å². The molecule has 0 bridgehead atoms. The fraction of sp³-hybridized carbons (Fsp3) is 0.300. The van der Waals surface area contributed by atoms with Gasteiger partial charge in [-0.2, -0.15) is 0 Å². The largest absolute Gasteiger partial charge is 0.465 e. The van der Waals surface area contributed by atoms with E-state index in [1.807, 2.05) is 30.3 Å². The van der Waals surface area contributed by atoms with Gasteiger partial charge in [0.25, 0.3) is 5.69 Å². The monoisotopic (exact) mass is 387 g/mol. The minimum absolute atomic E-state index is 0.0174. The number of nitro benzene ring substituents is 1. The van der Waals surface area contributed by atoms with Crippen LogP contribution in [0.4, 0.5) is 5.69 Å². The van der Waals surface area contributed by atoms with Gasteiger partial charge in [-0.25, -0.2) is 0 Å². The summed E-state index contributed by atoms with van der Waals surface area (Å²) < 4.78 is 5.05. The molecule has 0 aliphatic heterocycles. The van der Waals surface area contributed by atoms with E-state index in [1.54, 1.807) is 19.1 Å². The van der Waals surface area contributed by atoms with Gasteiger partial charge in [-0.15, -0.1) is 11.8 Å². The van der Waals surface area contributed by atoms with Crippen LogP contribution >= 0.6 is 11.8 Å². The second-order valence-corrected chi connectivity index (χ2v) is 7.20. The average Bonchev–Trinajstić information content (AvgIpc) is 2.66. The number of carbonyl (C=O) groups is 2. The van der Waals surface area contributed by atoms with Crippen molar-refractivity contribution in [3.8, 4) is 0 Å². The molecule has 0 aliphatic carbocycles. The fourth-order valence-corrected chi connectivity index (χ4v) is 3.82. The van der Waals surface area contributed by atoms with Crippen molar-refractivity contribution in [2.24, 2.45) is 5.92 Å². The molecule has 0 radical (unpaired) electrons. The van der Waals surface area contributed by atoms with Gasteiger partial charge in [-0.05, 0) is 38.0 Å². The number of Topliss-reactive ketones (excluding diaryl/α,β-unsaturated/α-hetero) is 1. The SMILES string of the molecule is CCOC(=O)C(CC(Sc1ccc([N+](=O)[O-])cc1)c1ccccc1)C(C)=O. The Morgan fingerprint density at radius 1 is 1.11 bits per heavy atom. The molecule has 2 atom stereocenters. The molecule has 27 heavy (non-hydrogen) atoms. The van der Waals surface area contributed by atoms with Gasteiger partial charge in [0.1, 0.15) is 11.7 Å². The molecule has 2 aromatic rings. The first-order chi connectivity index (χ1) is 12.9. The number of hydrogen-bond acceptors (Lipinski definition) is 6. The number of ether oxygens (including phenoxy) is 1. The number of esters is 1. The third-order valence-corrected chi connectivity index (χ3v) is 5.30. The van der Waals surface area contributed by atoms with E-state index >= 15 is 0 Å². The van der Waals surface area contributed by atoms with Crippen LogP contribution in [0.2, 0.25) is 0 Å². The maximum absolute atomic E-state index is 12.2. The van der Waals surface area contributed by atoms with Crippen molar-refractivity contribution in [3.63, 3.8) is 0 Å². The number of carbonyl (C=O) groups excluding carboxylic acids is 2. The van der Waals surface area contributed by atoms with Crippen LogP contribution in [0.3, 0.4) is 0 Å². The van der Waals surface area contributed by atoms with E-state index in [2.05, 4.69) is 0 Å². The molecule has 7 heteroatoms. The molecule has 0 amide bonds. The highest BCUT2D eigenvalue weighted by Crippen LogP contribution is 2.40. The van der Waals surface area contributed by atoms with Crippen LogP contribution in [0.25, 0.3) is 0 Å². The van der Waals surface area contributed by atoms with Crippen LogP contribution in [-0.2, 0) is 14.3 Å². The van der Waals surface area contributed by atoms with Gasteiger partial charge in [0.05, 0.1) is 11.5 Å². The molecule has 0 spiro atoms. The lowest BCUT2D eigenvalue weighted by Crippen LogP contribution is -2.26. The predicted octanol–water partition coefficient (Wildman–Crippen LogP) is 4.59. The van der Waals surface area contributed by atoms with Crippen molar-refractivity contribution in [2.75, 3.05) is 6.61 Å². The third kappa shape index (κ3) is 5.92. The standard InChI is InChI=1S/C20H21NO5S/c1-3-26-20(23)18(14(2)22)13-19(15-7-5-4-6-8-15)27-17-11-9-16(10-12-17)21(24)25/h4-12,18-19H,3,13H2,1-2H3. The number of hydrogen-bond donors (Lipinski definition) is 0. The molecule has 2 unspecified atom stereocenters. The Morgan fingerprint density at radius 2 is 1.74 bits per heavy atom. The maximum Gasteiger partial charge on any atom is 0.316 e. The summed E-state index contributed by atoms with van der Waals surface area (Å²) in [5, 5.41) is 10.6. The van der Waals surface area contributed by atoms with Gasteiger partial charge >= 0.3 is 5.97 Å². The van der Waals surface area contributed by atoms with Gasteiger partial charge in [-0.3, -0.25) is 19.7 Å². The summed E-state index contributed by atoms with van der Waals surface area (Å²) in [6, 6.07) is 15.8. The van der Waals surface area contributed by atoms with E-state index in [4.69, 9.17) is 4.74 Å². The second kappa shape index (κ2) is 9.87. The molecule has 142 valence electrons. The fourth-order valence-electron chi connectivity index (χ4n) is 2.62. The highest BCUT2D eigenvalue weighted by molar-refractivity contribution is 7.99. The zero-order valence-electron chi connectivity index (χ0n) is 15.2. The molecule has 2 aromatic carbocycles. The Balaban J connectivity index is 2.27. The summed E-state index contributed by atoms with van der Waals surface area (Å²) in [7, 11) is 0. The topological polar surface area (TPSA) is 86.5 Å². The van der Waals surface area contributed by atoms with Gasteiger partial charge in [-0.1, -0.05) is 30.3 Å². The van der Waals surface area contributed by atoms with Crippen molar-refractivity contribution >= 4 is 29.2 Å². The van der Waals surface area contributed by atoms with Gasteiger partial charge < -0.3 is 4.74 Å². The summed E-state index contributed by atoms with van der Waals surface area (Å²) >= 11 is 1.46. The van der Waals surface area contributed by atoms with E-state index < -0.39 is 16.8 Å². The Hall–Kier alpha value is -2.67. The molecule has 0 saturated carbocycles. The van der Waals surface area contributed by atoms with Crippen LogP contribution in [0.1, 0.15) is 31.1 Å². The zero-order valence-corrected chi connectivity index (χ0v) is 16.0. The Bertz CT molecular complexity index is 792. The number of benzene rings is 2. The van der Waals surface area contributed by atoms with Crippen molar-refractivity contribution in [1.82, 2.24) is 0 Å². The van der Waals surface area contributed by atoms with Crippen molar-refractivity contribution in [1.29, 1.82) is 0 Å². The van der Waals surface area contributed by atoms with E-state index in [0.29, 0.717) is 6.42 Å². The summed E-state index contributed by atoms with van der Waals surface area (Å²) in [5.41, 5.74) is 0.986. The molecular weight excluding hydrogens is 366 g/mol. The number of rotatable bonds is 9. The molecule has 6 nitrogen and oxygen atoms in total. The smallest absolute Gasteiger partial charge is 0.316 e. The normalized spacial score (nSPS) is 12.8. The van der Waals surface area contributed by atoms with Crippen LogP contribution in [0.15, 0.2) is 59.5 Å². The Morgan fingerprint density at radius 3 is 2.26 bits per heavy atom. The number of ketones is 1. The summed E-state index contributed by atoms with van der Waals surface area (Å²) in [6.45, 7) is 3.31. The lowest BCUT2D eigenvalue weighted by atomic mass is 9.96. The number of thioether (sulfide) groups is 1. The molecule has 0 N–H and O–H groups in total. The maximum atomic E-state index is 12.2. The van der Waals surface area contributed by atoms with E-state index in [0.717, 1.165) is 10.5 Å². The highest BCUT2D eigenvalue weighted by Gasteiger charge is 2.29. The number of nitro groups is 1. The molecule has 0 aliphatic rings. The van der Waals surface area contributed by atoms with Crippen molar-refractivity contribution in [3.05, 3.63) is 70.3 Å². The van der Waals surface area contributed by atoms with Gasteiger partial charge in [0.2, 0.25) is 0 Å². The zero-order chi connectivity index (χ0) is 19.8. The molecule has 0 saturated heterocycles. The van der Waals surface area contributed by atoms with Crippen LogP contribution in [0, 0.1) is 16.0 Å². The van der Waals surface area contributed by atoms with Crippen LogP contribution < -0.4 is 0 Å². The summed E-state index contributed by atoms with van der Waals surface area (Å²) in [6.07, 6.45) is 0.292. The first-order valence-electron chi connectivity index (χ1n) is 8.55. The average molecular weight is 387 g/mol. The summed E-state index contributed by atoms with van der Waals surface area (Å²) in [4.78, 5) is 35.4. The molecule has 0 fully saturated rings. The highest BCUT2D eigenvalue weighted by atomic mass is 32.2. The minimum Gasteiger partial charge on any atom is -0.465 e. The van der Waals surface area contributed by atoms with Gasteiger partial charge in [0.15, 0.2) is 0 Å². The Kier molecular flexibility index (Phi) is 7.55. The molecule has 0 heterocycles. The van der Waals surface area contributed by atoms with Crippen LogP contribution in [-0.4, -0.2) is 23.3 Å². The van der Waals surface area contributed by atoms with E-state index in [-0.39, 0.29) is 23.3 Å². The minimum atomic E-state index is -0.847.